The third-order valence-electron chi connectivity index (χ3n) is 3.98. The number of carbonyl (C=O) groups excluding carboxylic acids is 1. The van der Waals surface area contributed by atoms with Gasteiger partial charge in [0.05, 0.1) is 0 Å². The van der Waals surface area contributed by atoms with E-state index in [1.165, 1.54) is 18.2 Å². The summed E-state index contributed by atoms with van der Waals surface area (Å²) in [6, 6.07) is 16.4. The molecule has 2 aromatic rings. The molecule has 1 heterocycles. The Balaban J connectivity index is 2.23. The zero-order chi connectivity index (χ0) is 16.7. The minimum Gasteiger partial charge on any atom is -0.508 e. The van der Waals surface area contributed by atoms with Crippen LogP contribution >= 0.6 is 0 Å². The predicted molar refractivity (Wildman–Crippen MR) is 91.0 cm³/mol. The molecule has 0 bridgehead atoms. The summed E-state index contributed by atoms with van der Waals surface area (Å²) < 4.78 is 5.78. The van der Waals surface area contributed by atoms with Crippen molar-refractivity contribution in [2.24, 2.45) is 0 Å². The first kappa shape index (κ1) is 14.2. The highest BCUT2D eigenvalue weighted by Crippen LogP contribution is 2.41. The molecule has 0 unspecified atom stereocenters. The van der Waals surface area contributed by atoms with Gasteiger partial charge in [0.25, 0.3) is 0 Å². The minimum atomic E-state index is -0.174. The van der Waals surface area contributed by atoms with Crippen LogP contribution in [0.2, 0.25) is 0 Å². The Bertz CT molecular complexity index is 1110. The average Bonchev–Trinajstić information content (AvgIpc) is 2.59. The molecule has 0 atom stereocenters. The maximum Gasteiger partial charge on any atom is 0.234 e. The number of hydrogen-bond donors (Lipinski definition) is 1. The van der Waals surface area contributed by atoms with E-state index >= 15 is 0 Å². The van der Waals surface area contributed by atoms with Gasteiger partial charge in [0.2, 0.25) is 6.29 Å². The lowest BCUT2D eigenvalue weighted by Gasteiger charge is -2.16. The molecule has 0 fully saturated rings. The number of hydrogen-bond acceptors (Lipinski definition) is 4. The molecule has 2 aliphatic rings. The van der Waals surface area contributed by atoms with Gasteiger partial charge in [0.1, 0.15) is 17.1 Å². The summed E-state index contributed by atoms with van der Waals surface area (Å²) in [4.78, 5) is 23.0. The van der Waals surface area contributed by atoms with Crippen molar-refractivity contribution in [3.63, 3.8) is 0 Å². The van der Waals surface area contributed by atoms with Crippen LogP contribution in [0, 0.1) is 0 Å². The summed E-state index contributed by atoms with van der Waals surface area (Å²) in [6.07, 6.45) is 1.95. The molecule has 4 nitrogen and oxygen atoms in total. The fourth-order valence-corrected chi connectivity index (χ4v) is 2.94. The van der Waals surface area contributed by atoms with Crippen LogP contribution in [0.25, 0.3) is 33.4 Å². The van der Waals surface area contributed by atoms with Crippen molar-refractivity contribution in [1.82, 2.24) is 0 Å². The predicted octanol–water partition coefficient (Wildman–Crippen LogP) is 3.73. The van der Waals surface area contributed by atoms with Crippen LogP contribution < -0.4 is 5.43 Å². The van der Waals surface area contributed by atoms with E-state index in [1.54, 1.807) is 30.3 Å². The maximum absolute atomic E-state index is 11.7. The minimum absolute atomic E-state index is 0.0602. The van der Waals surface area contributed by atoms with Crippen LogP contribution in [-0.4, -0.2) is 11.4 Å². The van der Waals surface area contributed by atoms with Crippen LogP contribution in [0.3, 0.4) is 0 Å². The lowest BCUT2D eigenvalue weighted by atomic mass is 9.91. The fraction of sp³-hybridized carbons (Fsp3) is 0. The first-order valence-corrected chi connectivity index (χ1v) is 7.34. The third-order valence-corrected chi connectivity index (χ3v) is 3.98. The highest BCUT2D eigenvalue weighted by atomic mass is 16.3. The largest absolute Gasteiger partial charge is 0.508 e. The van der Waals surface area contributed by atoms with E-state index < -0.39 is 0 Å². The standard InChI is InChI=1S/C20H11O4/c21-11-12-3-1-2-4-15(12)20-16-7-5-13(22)9-18(16)24-19-10-14(23)6-8-17(19)20/h1-10,22H. The second kappa shape index (κ2) is 5.35. The first-order chi connectivity index (χ1) is 11.7. The molecular formula is C20H11O4. The Morgan fingerprint density at radius 3 is 2.58 bits per heavy atom. The third kappa shape index (κ3) is 2.16. The average molecular weight is 315 g/mol. The first-order valence-electron chi connectivity index (χ1n) is 7.34. The van der Waals surface area contributed by atoms with Gasteiger partial charge >= 0.3 is 0 Å². The lowest BCUT2D eigenvalue weighted by molar-refractivity contribution is 0.474. The second-order valence-corrected chi connectivity index (χ2v) is 5.46. The normalized spacial score (nSPS) is 11.0. The van der Waals surface area contributed by atoms with Gasteiger partial charge < -0.3 is 9.52 Å². The van der Waals surface area contributed by atoms with Crippen LogP contribution in [0.15, 0.2) is 69.9 Å². The van der Waals surface area contributed by atoms with E-state index in [2.05, 4.69) is 0 Å². The summed E-state index contributed by atoms with van der Waals surface area (Å²) in [7, 11) is 0. The van der Waals surface area contributed by atoms with Crippen molar-refractivity contribution in [3.8, 4) is 28.2 Å². The van der Waals surface area contributed by atoms with Crippen molar-refractivity contribution >= 4 is 17.3 Å². The SMILES string of the molecule is O=[C]c1ccccc1-c1c2ccc(=O)cc-2oc2cc(O)ccc12. The summed E-state index contributed by atoms with van der Waals surface area (Å²) in [5, 5.41) is 10.5. The molecule has 4 heteroatoms. The number of benzene rings is 3. The molecule has 1 N–H and O–H groups in total. The van der Waals surface area contributed by atoms with Crippen molar-refractivity contribution < 1.29 is 14.3 Å². The van der Waals surface area contributed by atoms with Crippen molar-refractivity contribution in [3.05, 3.63) is 76.5 Å². The van der Waals surface area contributed by atoms with E-state index in [4.69, 9.17) is 4.42 Å². The lowest BCUT2D eigenvalue weighted by Crippen LogP contribution is -2.00. The van der Waals surface area contributed by atoms with Gasteiger partial charge in [-0.05, 0) is 29.8 Å². The Labute approximate surface area is 136 Å². The number of rotatable bonds is 2. The zero-order valence-electron chi connectivity index (χ0n) is 12.4. The van der Waals surface area contributed by atoms with Gasteiger partial charge in [-0.3, -0.25) is 9.59 Å². The fourth-order valence-electron chi connectivity index (χ4n) is 2.94. The molecule has 24 heavy (non-hydrogen) atoms. The molecule has 1 aliphatic heterocycles. The summed E-state index contributed by atoms with van der Waals surface area (Å²) >= 11 is 0. The molecular weight excluding hydrogens is 304 g/mol. The molecule has 4 rings (SSSR count). The van der Waals surface area contributed by atoms with Crippen LogP contribution in [0.1, 0.15) is 5.56 Å². The van der Waals surface area contributed by atoms with Gasteiger partial charge in [-0.1, -0.05) is 24.3 Å². The monoisotopic (exact) mass is 315 g/mol. The van der Waals surface area contributed by atoms with E-state index in [1.807, 2.05) is 18.4 Å². The molecule has 0 amide bonds. The van der Waals surface area contributed by atoms with Crippen LogP contribution in [-0.2, 0) is 4.79 Å². The smallest absolute Gasteiger partial charge is 0.234 e. The Morgan fingerprint density at radius 2 is 1.75 bits per heavy atom. The second-order valence-electron chi connectivity index (χ2n) is 5.46. The molecule has 0 saturated heterocycles. The number of phenolic OH excluding ortho intramolecular Hbond substituents is 1. The molecule has 0 aromatic heterocycles. The van der Waals surface area contributed by atoms with Gasteiger partial charge in [0.15, 0.2) is 5.43 Å². The topological polar surface area (TPSA) is 67.5 Å². The summed E-state index contributed by atoms with van der Waals surface area (Å²) in [6.45, 7) is 0. The van der Waals surface area contributed by atoms with Crippen molar-refractivity contribution in [1.29, 1.82) is 0 Å². The van der Waals surface area contributed by atoms with Gasteiger partial charge in [-0.2, -0.15) is 0 Å². The Morgan fingerprint density at radius 1 is 0.917 bits per heavy atom. The zero-order valence-corrected chi connectivity index (χ0v) is 12.4. The molecule has 0 saturated carbocycles. The molecule has 1 radical (unpaired) electrons. The van der Waals surface area contributed by atoms with E-state index in [9.17, 15) is 14.7 Å². The van der Waals surface area contributed by atoms with Gasteiger partial charge in [0, 0.05) is 34.2 Å². The highest BCUT2D eigenvalue weighted by molar-refractivity contribution is 6.05. The van der Waals surface area contributed by atoms with E-state index in [-0.39, 0.29) is 11.2 Å². The summed E-state index contributed by atoms with van der Waals surface area (Å²) in [5.74, 6) is 0.460. The van der Waals surface area contributed by atoms with Gasteiger partial charge in [-0.25, -0.2) is 0 Å². The Hall–Kier alpha value is -3.40. The number of fused-ring (bicyclic) bond motifs is 2. The number of aromatic hydroxyl groups is 1. The maximum atomic E-state index is 11.7. The van der Waals surface area contributed by atoms with E-state index in [0.717, 1.165) is 16.5 Å². The van der Waals surface area contributed by atoms with Crippen molar-refractivity contribution in [2.75, 3.05) is 0 Å². The quantitative estimate of drug-likeness (QED) is 0.572. The number of phenols is 1. The van der Waals surface area contributed by atoms with Gasteiger partial charge in [-0.15, -0.1) is 0 Å². The molecule has 115 valence electrons. The Kier molecular flexibility index (Phi) is 3.17. The van der Waals surface area contributed by atoms with Crippen molar-refractivity contribution in [2.45, 2.75) is 0 Å². The molecule has 2 aromatic carbocycles. The van der Waals surface area contributed by atoms with Crippen LogP contribution in [0.5, 0.6) is 5.75 Å². The summed E-state index contributed by atoms with van der Waals surface area (Å²) in [5.41, 5.74) is 2.87. The molecule has 1 aliphatic carbocycles. The van der Waals surface area contributed by atoms with Crippen LogP contribution in [0.4, 0.5) is 0 Å². The molecule has 0 spiro atoms. The van der Waals surface area contributed by atoms with E-state index in [0.29, 0.717) is 22.5 Å². The highest BCUT2D eigenvalue weighted by Gasteiger charge is 2.19.